The molecular weight excluding hydrogens is 423 g/mol. The third kappa shape index (κ3) is 7.56. The molecule has 0 unspecified atom stereocenters. The van der Waals surface area contributed by atoms with Gasteiger partial charge in [-0.3, -0.25) is 4.90 Å². The molecule has 0 saturated carbocycles. The molecule has 0 aromatic heterocycles. The van der Waals surface area contributed by atoms with Crippen molar-refractivity contribution in [3.8, 4) is 0 Å². The second-order valence-corrected chi connectivity index (χ2v) is 6.07. The molecule has 1 atom stereocenters. The highest BCUT2D eigenvalue weighted by molar-refractivity contribution is 9.10. The molecule has 0 spiro atoms. The van der Waals surface area contributed by atoms with Gasteiger partial charge in [-0.1, -0.05) is 15.9 Å². The first-order valence-corrected chi connectivity index (χ1v) is 7.62. The topological polar surface area (TPSA) is 15.3 Å². The average molecular weight is 442 g/mol. The second-order valence-electron chi connectivity index (χ2n) is 5.16. The summed E-state index contributed by atoms with van der Waals surface area (Å²) < 4.78 is 51.7. The summed E-state index contributed by atoms with van der Waals surface area (Å²) in [6.07, 6.45) is -5.12. The van der Waals surface area contributed by atoms with E-state index in [1.165, 1.54) is 12.1 Å². The predicted octanol–water partition coefficient (Wildman–Crippen LogP) is 4.72. The van der Waals surface area contributed by atoms with E-state index in [9.17, 15) is 17.6 Å². The number of nitrogens with zero attached hydrogens (tertiary/aromatic N) is 1. The van der Waals surface area contributed by atoms with Crippen LogP contribution < -0.4 is 5.32 Å². The van der Waals surface area contributed by atoms with E-state index in [-0.39, 0.29) is 31.2 Å². The highest BCUT2D eigenvalue weighted by atomic mass is 79.9. The molecule has 0 amide bonds. The van der Waals surface area contributed by atoms with Gasteiger partial charge in [0.25, 0.3) is 0 Å². The van der Waals surface area contributed by atoms with E-state index < -0.39 is 24.5 Å². The van der Waals surface area contributed by atoms with Crippen LogP contribution in [-0.4, -0.2) is 37.3 Å². The maximum Gasteiger partial charge on any atom is 0.389 e. The van der Waals surface area contributed by atoms with E-state index in [2.05, 4.69) is 21.2 Å². The van der Waals surface area contributed by atoms with Crippen molar-refractivity contribution >= 4 is 40.7 Å². The molecule has 23 heavy (non-hydrogen) atoms. The standard InChI is InChI=1S/C14H17BrF4N2.2ClH/c15-11-7-10(8-12(16)9-11)13(1-2-14(17,18)19)21-5-3-20-4-6-21;;/h7-9,13,20H,1-6H2;2*1H/t13-;;/m1../s1. The van der Waals surface area contributed by atoms with Gasteiger partial charge in [-0.25, -0.2) is 4.39 Å². The Balaban J connectivity index is 0.00000242. The van der Waals surface area contributed by atoms with E-state index in [1.807, 2.05) is 4.90 Å². The third-order valence-corrected chi connectivity index (χ3v) is 4.02. The monoisotopic (exact) mass is 440 g/mol. The van der Waals surface area contributed by atoms with Crippen molar-refractivity contribution < 1.29 is 17.6 Å². The molecule has 1 aliphatic rings. The number of piperazine rings is 1. The van der Waals surface area contributed by atoms with Crippen LogP contribution in [0.15, 0.2) is 22.7 Å². The molecule has 0 radical (unpaired) electrons. The van der Waals surface area contributed by atoms with Gasteiger partial charge in [0.05, 0.1) is 0 Å². The van der Waals surface area contributed by atoms with Gasteiger partial charge in [0.2, 0.25) is 0 Å². The van der Waals surface area contributed by atoms with E-state index in [0.29, 0.717) is 23.1 Å². The van der Waals surface area contributed by atoms with Crippen molar-refractivity contribution in [3.63, 3.8) is 0 Å². The molecule has 9 heteroatoms. The zero-order valence-corrected chi connectivity index (χ0v) is 15.4. The van der Waals surface area contributed by atoms with Crippen LogP contribution >= 0.6 is 40.7 Å². The molecule has 1 saturated heterocycles. The van der Waals surface area contributed by atoms with Crippen LogP contribution in [0.25, 0.3) is 0 Å². The first kappa shape index (κ1) is 22.9. The van der Waals surface area contributed by atoms with Gasteiger partial charge in [-0.15, -0.1) is 24.8 Å². The number of halogens is 7. The zero-order chi connectivity index (χ0) is 15.5. The van der Waals surface area contributed by atoms with Crippen molar-refractivity contribution in [2.45, 2.75) is 25.1 Å². The zero-order valence-electron chi connectivity index (χ0n) is 12.2. The summed E-state index contributed by atoms with van der Waals surface area (Å²) in [6, 6.07) is 3.92. The van der Waals surface area contributed by atoms with Crippen molar-refractivity contribution in [1.82, 2.24) is 10.2 Å². The number of hydrogen-bond acceptors (Lipinski definition) is 2. The van der Waals surface area contributed by atoms with Gasteiger partial charge >= 0.3 is 6.18 Å². The van der Waals surface area contributed by atoms with Crippen molar-refractivity contribution in [2.75, 3.05) is 26.2 Å². The fourth-order valence-electron chi connectivity index (χ4n) is 2.62. The number of rotatable bonds is 4. The van der Waals surface area contributed by atoms with E-state index in [4.69, 9.17) is 0 Å². The maximum absolute atomic E-state index is 13.5. The summed E-state index contributed by atoms with van der Waals surface area (Å²) in [5.41, 5.74) is 0.591. The number of nitrogens with one attached hydrogen (secondary N) is 1. The smallest absolute Gasteiger partial charge is 0.314 e. The third-order valence-electron chi connectivity index (χ3n) is 3.56. The quantitative estimate of drug-likeness (QED) is 0.680. The molecule has 1 aromatic carbocycles. The average Bonchev–Trinajstić information content (AvgIpc) is 2.37. The molecule has 2 rings (SSSR count). The van der Waals surface area contributed by atoms with Crippen LogP contribution in [0, 0.1) is 5.82 Å². The molecular formula is C14H19BrCl2F4N2. The lowest BCUT2D eigenvalue weighted by atomic mass is 9.99. The van der Waals surface area contributed by atoms with Crippen LogP contribution in [0.2, 0.25) is 0 Å². The summed E-state index contributed by atoms with van der Waals surface area (Å²) in [4.78, 5) is 1.99. The lowest BCUT2D eigenvalue weighted by Crippen LogP contribution is -2.45. The molecule has 134 valence electrons. The van der Waals surface area contributed by atoms with Gasteiger partial charge in [0, 0.05) is 43.1 Å². The Kier molecular flexibility index (Phi) is 10.00. The predicted molar refractivity (Wildman–Crippen MR) is 91.1 cm³/mol. The van der Waals surface area contributed by atoms with E-state index in [1.54, 1.807) is 6.07 Å². The molecule has 1 aliphatic heterocycles. The van der Waals surface area contributed by atoms with Gasteiger partial charge in [-0.2, -0.15) is 13.2 Å². The Morgan fingerprint density at radius 3 is 2.26 bits per heavy atom. The van der Waals surface area contributed by atoms with Crippen molar-refractivity contribution in [3.05, 3.63) is 34.1 Å². The number of hydrogen-bond donors (Lipinski definition) is 1. The minimum Gasteiger partial charge on any atom is -0.314 e. The first-order chi connectivity index (χ1) is 9.85. The Hall–Kier alpha value is -0.0800. The van der Waals surface area contributed by atoms with Gasteiger partial charge in [0.15, 0.2) is 0 Å². The second kappa shape index (κ2) is 10.0. The van der Waals surface area contributed by atoms with Crippen LogP contribution in [-0.2, 0) is 0 Å². The van der Waals surface area contributed by atoms with Crippen LogP contribution in [0.5, 0.6) is 0 Å². The van der Waals surface area contributed by atoms with Gasteiger partial charge in [0.1, 0.15) is 5.82 Å². The number of alkyl halides is 3. The lowest BCUT2D eigenvalue weighted by Gasteiger charge is -2.35. The highest BCUT2D eigenvalue weighted by Gasteiger charge is 2.31. The van der Waals surface area contributed by atoms with Gasteiger partial charge in [-0.05, 0) is 30.2 Å². The molecule has 2 nitrogen and oxygen atoms in total. The van der Waals surface area contributed by atoms with E-state index in [0.717, 1.165) is 13.1 Å². The summed E-state index contributed by atoms with van der Waals surface area (Å²) in [5.74, 6) is -0.438. The lowest BCUT2D eigenvalue weighted by molar-refractivity contribution is -0.138. The summed E-state index contributed by atoms with van der Waals surface area (Å²) in [7, 11) is 0. The first-order valence-electron chi connectivity index (χ1n) is 6.83. The summed E-state index contributed by atoms with van der Waals surface area (Å²) >= 11 is 3.20. The Morgan fingerprint density at radius 1 is 1.13 bits per heavy atom. The molecule has 1 N–H and O–H groups in total. The highest BCUT2D eigenvalue weighted by Crippen LogP contribution is 2.33. The van der Waals surface area contributed by atoms with Crippen LogP contribution in [0.4, 0.5) is 17.6 Å². The van der Waals surface area contributed by atoms with Crippen LogP contribution in [0.1, 0.15) is 24.4 Å². The van der Waals surface area contributed by atoms with Crippen LogP contribution in [0.3, 0.4) is 0 Å². The fraction of sp³-hybridized carbons (Fsp3) is 0.571. The SMILES string of the molecule is Cl.Cl.Fc1cc(Br)cc([C@@H](CCC(F)(F)F)N2CCNCC2)c1. The normalized spacial score (nSPS) is 17.1. The molecule has 0 aliphatic carbocycles. The number of benzene rings is 1. The summed E-state index contributed by atoms with van der Waals surface area (Å²) in [5, 5.41) is 3.17. The largest absolute Gasteiger partial charge is 0.389 e. The summed E-state index contributed by atoms with van der Waals surface area (Å²) in [6.45, 7) is 2.80. The molecule has 1 fully saturated rings. The minimum atomic E-state index is -4.20. The Morgan fingerprint density at radius 2 is 1.74 bits per heavy atom. The Labute approximate surface area is 153 Å². The van der Waals surface area contributed by atoms with Crippen molar-refractivity contribution in [1.29, 1.82) is 0 Å². The minimum absolute atomic E-state index is 0. The Bertz CT molecular complexity index is 462. The molecule has 1 heterocycles. The van der Waals surface area contributed by atoms with E-state index >= 15 is 0 Å². The van der Waals surface area contributed by atoms with Crippen molar-refractivity contribution in [2.24, 2.45) is 0 Å². The fourth-order valence-corrected chi connectivity index (χ4v) is 3.10. The molecule has 0 bridgehead atoms. The van der Waals surface area contributed by atoms with Gasteiger partial charge < -0.3 is 5.32 Å². The molecule has 1 aromatic rings. The maximum atomic E-state index is 13.5.